The maximum Gasteiger partial charge on any atom is 0.246 e. The molecule has 6 rings (SSSR count). The Labute approximate surface area is 216 Å². The third-order valence-corrected chi connectivity index (χ3v) is 8.89. The van der Waals surface area contributed by atoms with Gasteiger partial charge >= 0.3 is 0 Å². The van der Waals surface area contributed by atoms with E-state index in [-0.39, 0.29) is 11.4 Å². The van der Waals surface area contributed by atoms with Crippen LogP contribution in [0.4, 0.5) is 5.95 Å². The molecule has 36 heavy (non-hydrogen) atoms. The molecule has 1 saturated heterocycles. The van der Waals surface area contributed by atoms with E-state index in [1.807, 2.05) is 23.2 Å². The number of amides is 1. The molecule has 1 amide bonds. The van der Waals surface area contributed by atoms with Crippen molar-refractivity contribution in [3.8, 4) is 11.3 Å². The third kappa shape index (κ3) is 4.18. The van der Waals surface area contributed by atoms with Gasteiger partial charge in [0.15, 0.2) is 0 Å². The number of piperazine rings is 1. The quantitative estimate of drug-likeness (QED) is 0.472. The predicted molar refractivity (Wildman–Crippen MR) is 144 cm³/mol. The predicted octanol–water partition coefficient (Wildman–Crippen LogP) is 5.11. The fourth-order valence-electron chi connectivity index (χ4n) is 6.83. The molecule has 2 N–H and O–H groups in total. The van der Waals surface area contributed by atoms with Crippen LogP contribution in [-0.2, 0) is 4.79 Å². The summed E-state index contributed by atoms with van der Waals surface area (Å²) in [5.41, 5.74) is 3.00. The van der Waals surface area contributed by atoms with Crippen LogP contribution in [0.5, 0.6) is 0 Å². The molecule has 2 aromatic heterocycles. The molecule has 2 bridgehead atoms. The van der Waals surface area contributed by atoms with Crippen molar-refractivity contribution in [1.29, 1.82) is 0 Å². The Morgan fingerprint density at radius 3 is 2.86 bits per heavy atom. The minimum absolute atomic E-state index is 0.0442. The summed E-state index contributed by atoms with van der Waals surface area (Å²) in [6.45, 7) is 7.08. The molecule has 1 aromatic carbocycles. The topological polar surface area (TPSA) is 77.2 Å². The number of para-hydroxylation sites is 1. The van der Waals surface area contributed by atoms with E-state index in [4.69, 9.17) is 16.6 Å². The first-order valence-corrected chi connectivity index (χ1v) is 13.5. The maximum atomic E-state index is 12.1. The zero-order chi connectivity index (χ0) is 24.7. The Balaban J connectivity index is 1.22. The first-order chi connectivity index (χ1) is 17.6. The van der Waals surface area contributed by atoms with Crippen LogP contribution in [0.15, 0.2) is 49.3 Å². The average molecular weight is 505 g/mol. The molecule has 2 saturated carbocycles. The summed E-state index contributed by atoms with van der Waals surface area (Å²) in [4.78, 5) is 29.5. The summed E-state index contributed by atoms with van der Waals surface area (Å²) in [5.74, 6) is 1.28. The van der Waals surface area contributed by atoms with Gasteiger partial charge in [0.2, 0.25) is 11.9 Å². The normalized spacial score (nSPS) is 26.6. The number of benzene rings is 1. The highest BCUT2D eigenvalue weighted by atomic mass is 35.5. The number of nitrogens with zero attached hydrogens (tertiary/aromatic N) is 4. The average Bonchev–Trinajstić information content (AvgIpc) is 3.41. The number of hydrogen-bond donors (Lipinski definition) is 2. The van der Waals surface area contributed by atoms with Crippen molar-refractivity contribution >= 4 is 34.4 Å². The van der Waals surface area contributed by atoms with Crippen molar-refractivity contribution in [2.75, 3.05) is 31.5 Å². The first-order valence-electron chi connectivity index (χ1n) is 13.1. The van der Waals surface area contributed by atoms with Crippen molar-refractivity contribution < 1.29 is 4.79 Å². The van der Waals surface area contributed by atoms with Crippen LogP contribution in [0.1, 0.15) is 38.5 Å². The Bertz CT molecular complexity index is 1280. The van der Waals surface area contributed by atoms with Gasteiger partial charge in [-0.05, 0) is 43.7 Å². The second kappa shape index (κ2) is 9.52. The van der Waals surface area contributed by atoms with Crippen LogP contribution in [0.25, 0.3) is 22.2 Å². The molecule has 3 unspecified atom stereocenters. The summed E-state index contributed by atoms with van der Waals surface area (Å²) in [6.07, 6.45) is 12.4. The zero-order valence-corrected chi connectivity index (χ0v) is 21.3. The second-order valence-corrected chi connectivity index (χ2v) is 11.0. The van der Waals surface area contributed by atoms with E-state index < -0.39 is 0 Å². The number of aromatic nitrogens is 3. The van der Waals surface area contributed by atoms with E-state index in [1.165, 1.54) is 38.2 Å². The number of anilines is 1. The van der Waals surface area contributed by atoms with Gasteiger partial charge in [0, 0.05) is 60.4 Å². The van der Waals surface area contributed by atoms with E-state index in [9.17, 15) is 4.79 Å². The highest BCUT2D eigenvalue weighted by molar-refractivity contribution is 6.33. The van der Waals surface area contributed by atoms with Crippen molar-refractivity contribution in [2.45, 2.75) is 50.1 Å². The standard InChI is InChI=1S/C28H33ClN6O/c1-2-25(36)34-11-13-35(14-12-34)28-10-6-5-7-19(15-28)24(16-28)32-27-31-18-22(29)26(33-27)21-17-30-23-9-4-3-8-20(21)23/h2-4,8-9,17-19,24,30H,1,5-7,10-16H2,(H,31,32,33). The molecular formula is C28H33ClN6O. The lowest BCUT2D eigenvalue weighted by molar-refractivity contribution is -0.128. The van der Waals surface area contributed by atoms with Crippen LogP contribution in [0.2, 0.25) is 5.02 Å². The molecule has 8 heteroatoms. The second-order valence-electron chi connectivity index (χ2n) is 10.5. The molecule has 0 radical (unpaired) electrons. The van der Waals surface area contributed by atoms with Crippen molar-refractivity contribution in [3.63, 3.8) is 0 Å². The number of hydrogen-bond acceptors (Lipinski definition) is 5. The van der Waals surface area contributed by atoms with Crippen LogP contribution in [0.3, 0.4) is 0 Å². The summed E-state index contributed by atoms with van der Waals surface area (Å²) in [6, 6.07) is 8.52. The fourth-order valence-corrected chi connectivity index (χ4v) is 7.02. The van der Waals surface area contributed by atoms with Gasteiger partial charge in [0.1, 0.15) is 0 Å². The van der Waals surface area contributed by atoms with Gasteiger partial charge in [-0.2, -0.15) is 0 Å². The van der Waals surface area contributed by atoms with Gasteiger partial charge in [0.05, 0.1) is 16.9 Å². The molecule has 3 heterocycles. The van der Waals surface area contributed by atoms with Crippen LogP contribution in [0, 0.1) is 5.92 Å². The third-order valence-electron chi connectivity index (χ3n) is 8.62. The molecule has 2 aliphatic carbocycles. The Kier molecular flexibility index (Phi) is 6.21. The first kappa shape index (κ1) is 23.5. The molecular weight excluding hydrogens is 472 g/mol. The van der Waals surface area contributed by atoms with E-state index in [2.05, 4.69) is 38.9 Å². The number of fused-ring (bicyclic) bond motifs is 3. The highest BCUT2D eigenvalue weighted by Gasteiger charge is 2.50. The van der Waals surface area contributed by atoms with Crippen molar-refractivity contribution in [1.82, 2.24) is 24.8 Å². The highest BCUT2D eigenvalue weighted by Crippen LogP contribution is 2.48. The lowest BCUT2D eigenvalue weighted by atomic mass is 9.88. The number of rotatable bonds is 5. The molecule has 3 fully saturated rings. The summed E-state index contributed by atoms with van der Waals surface area (Å²) in [7, 11) is 0. The number of aromatic amines is 1. The smallest absolute Gasteiger partial charge is 0.246 e. The Morgan fingerprint density at radius 1 is 1.19 bits per heavy atom. The van der Waals surface area contributed by atoms with Crippen LogP contribution >= 0.6 is 11.6 Å². The summed E-state index contributed by atoms with van der Waals surface area (Å²) >= 11 is 6.58. The van der Waals surface area contributed by atoms with Gasteiger partial charge in [-0.15, -0.1) is 0 Å². The summed E-state index contributed by atoms with van der Waals surface area (Å²) < 4.78 is 0. The Hall–Kier alpha value is -2.90. The number of carbonyl (C=O) groups excluding carboxylic acids is 1. The lowest BCUT2D eigenvalue weighted by Crippen LogP contribution is -2.57. The van der Waals surface area contributed by atoms with E-state index in [1.54, 1.807) is 6.20 Å². The number of carbonyl (C=O) groups is 1. The van der Waals surface area contributed by atoms with Gasteiger partial charge in [-0.3, -0.25) is 9.69 Å². The van der Waals surface area contributed by atoms with Crippen molar-refractivity contribution in [2.24, 2.45) is 5.92 Å². The van der Waals surface area contributed by atoms with Crippen molar-refractivity contribution in [3.05, 3.63) is 54.3 Å². The maximum absolute atomic E-state index is 12.1. The number of H-pyrrole nitrogens is 1. The minimum atomic E-state index is 0.0442. The number of nitrogens with one attached hydrogen (secondary N) is 2. The Morgan fingerprint density at radius 2 is 2.03 bits per heavy atom. The van der Waals surface area contributed by atoms with Crippen LogP contribution < -0.4 is 5.32 Å². The SMILES string of the molecule is C=CC(=O)N1CCN(C23CCCCC(C2)C(Nc2ncc(Cl)c(-c4c[nH]c5ccccc45)n2)C3)CC1. The number of halogens is 1. The van der Waals surface area contributed by atoms with E-state index in [0.29, 0.717) is 22.9 Å². The molecule has 7 nitrogen and oxygen atoms in total. The molecule has 1 aliphatic heterocycles. The molecule has 188 valence electrons. The molecule has 3 aromatic rings. The van der Waals surface area contributed by atoms with Gasteiger partial charge in [-0.25, -0.2) is 9.97 Å². The molecule has 0 spiro atoms. The van der Waals surface area contributed by atoms with E-state index >= 15 is 0 Å². The molecule has 3 aliphatic rings. The van der Waals surface area contributed by atoms with Crippen LogP contribution in [-0.4, -0.2) is 68.4 Å². The largest absolute Gasteiger partial charge is 0.360 e. The fraction of sp³-hybridized carbons (Fsp3) is 0.464. The monoisotopic (exact) mass is 504 g/mol. The van der Waals surface area contributed by atoms with Gasteiger partial charge in [-0.1, -0.05) is 49.2 Å². The molecule has 3 atom stereocenters. The minimum Gasteiger partial charge on any atom is -0.360 e. The zero-order valence-electron chi connectivity index (χ0n) is 20.5. The van der Waals surface area contributed by atoms with Gasteiger partial charge < -0.3 is 15.2 Å². The van der Waals surface area contributed by atoms with Gasteiger partial charge in [0.25, 0.3) is 0 Å². The van der Waals surface area contributed by atoms with E-state index in [0.717, 1.165) is 54.8 Å². The summed E-state index contributed by atoms with van der Waals surface area (Å²) in [5, 5.41) is 5.38. The lowest BCUT2D eigenvalue weighted by Gasteiger charge is -2.46.